The molecule has 23 heavy (non-hydrogen) atoms. The van der Waals surface area contributed by atoms with E-state index >= 15 is 0 Å². The highest BCUT2D eigenvalue weighted by Crippen LogP contribution is 2.37. The summed E-state index contributed by atoms with van der Waals surface area (Å²) < 4.78 is 33.0. The molecule has 0 fully saturated rings. The van der Waals surface area contributed by atoms with Gasteiger partial charge in [0.25, 0.3) is 0 Å². The van der Waals surface area contributed by atoms with Crippen molar-refractivity contribution in [1.82, 2.24) is 19.7 Å². The molecule has 0 saturated heterocycles. The van der Waals surface area contributed by atoms with E-state index < -0.39 is 6.55 Å². The van der Waals surface area contributed by atoms with Gasteiger partial charge in [-0.15, -0.1) is 0 Å². The maximum absolute atomic E-state index is 13.4. The molecule has 3 rings (SSSR count). The van der Waals surface area contributed by atoms with E-state index in [0.29, 0.717) is 22.7 Å². The molecular formula is C15H16F2N4OS. The summed E-state index contributed by atoms with van der Waals surface area (Å²) in [5.41, 5.74) is 0.953. The Bertz CT molecular complexity index is 802. The molecule has 0 spiro atoms. The number of hydrogen-bond acceptors (Lipinski definition) is 5. The molecule has 2 heterocycles. The second-order valence-electron chi connectivity index (χ2n) is 5.09. The molecule has 0 bridgehead atoms. The van der Waals surface area contributed by atoms with Gasteiger partial charge >= 0.3 is 6.55 Å². The summed E-state index contributed by atoms with van der Waals surface area (Å²) in [6, 6.07) is 6.85. The molecule has 0 aliphatic rings. The van der Waals surface area contributed by atoms with Crippen LogP contribution < -0.4 is 0 Å². The Balaban J connectivity index is 1.89. The van der Waals surface area contributed by atoms with E-state index in [-0.39, 0.29) is 10.4 Å². The first-order valence-corrected chi connectivity index (χ1v) is 8.22. The molecule has 0 aliphatic heterocycles. The molecule has 5 nitrogen and oxygen atoms in total. The summed E-state index contributed by atoms with van der Waals surface area (Å²) in [5.74, 6) is 1.06. The zero-order valence-corrected chi connectivity index (χ0v) is 13.6. The fraction of sp³-hybridized carbons (Fsp3) is 0.400. The lowest BCUT2D eigenvalue weighted by Crippen LogP contribution is -2.01. The summed E-state index contributed by atoms with van der Waals surface area (Å²) in [6.45, 7) is 1.21. The van der Waals surface area contributed by atoms with Crippen LogP contribution in [0.4, 0.5) is 8.78 Å². The normalized spacial score (nSPS) is 13.1. The minimum atomic E-state index is -2.66. The summed E-state index contributed by atoms with van der Waals surface area (Å²) in [6.07, 6.45) is 1.65. The van der Waals surface area contributed by atoms with Crippen molar-refractivity contribution in [2.75, 3.05) is 0 Å². The van der Waals surface area contributed by atoms with Crippen LogP contribution in [0.25, 0.3) is 11.0 Å². The van der Waals surface area contributed by atoms with E-state index in [1.54, 1.807) is 24.3 Å². The smallest absolute Gasteiger partial charge is 0.321 e. The molecule has 8 heteroatoms. The van der Waals surface area contributed by atoms with Crippen molar-refractivity contribution in [3.8, 4) is 0 Å². The summed E-state index contributed by atoms with van der Waals surface area (Å²) in [5, 5.41) is 3.87. The summed E-state index contributed by atoms with van der Waals surface area (Å²) in [7, 11) is 0. The van der Waals surface area contributed by atoms with E-state index in [0.717, 1.165) is 17.4 Å². The first kappa shape index (κ1) is 15.9. The lowest BCUT2D eigenvalue weighted by Gasteiger charge is -2.09. The third-order valence-corrected chi connectivity index (χ3v) is 4.40. The average Bonchev–Trinajstić information content (AvgIpc) is 3.11. The van der Waals surface area contributed by atoms with Crippen LogP contribution in [0.5, 0.6) is 0 Å². The van der Waals surface area contributed by atoms with Gasteiger partial charge in [0.2, 0.25) is 5.89 Å². The van der Waals surface area contributed by atoms with Gasteiger partial charge in [0, 0.05) is 6.42 Å². The van der Waals surface area contributed by atoms with Gasteiger partial charge in [-0.2, -0.15) is 13.8 Å². The minimum Gasteiger partial charge on any atom is -0.338 e. The maximum Gasteiger partial charge on any atom is 0.321 e. The number of aryl methyl sites for hydroxylation is 1. The highest BCUT2D eigenvalue weighted by atomic mass is 32.2. The molecule has 122 valence electrons. The lowest BCUT2D eigenvalue weighted by molar-refractivity contribution is 0.0656. The molecule has 3 aromatic rings. The van der Waals surface area contributed by atoms with Crippen molar-refractivity contribution >= 4 is 22.8 Å². The number of imidazole rings is 1. The van der Waals surface area contributed by atoms with Crippen molar-refractivity contribution in [3.63, 3.8) is 0 Å². The number of nitrogens with zero attached hydrogens (tertiary/aromatic N) is 4. The first-order valence-electron chi connectivity index (χ1n) is 7.34. The van der Waals surface area contributed by atoms with E-state index in [4.69, 9.17) is 4.52 Å². The number of hydrogen-bond donors (Lipinski definition) is 0. The Kier molecular flexibility index (Phi) is 4.61. The zero-order valence-electron chi connectivity index (χ0n) is 12.7. The van der Waals surface area contributed by atoms with Crippen LogP contribution in [0.3, 0.4) is 0 Å². The Labute approximate surface area is 136 Å². The van der Waals surface area contributed by atoms with Crippen molar-refractivity contribution in [3.05, 3.63) is 36.0 Å². The van der Waals surface area contributed by atoms with Crippen LogP contribution in [0.15, 0.2) is 33.9 Å². The molecule has 0 amide bonds. The number of rotatable bonds is 6. The lowest BCUT2D eigenvalue weighted by atomic mass is 10.3. The predicted molar refractivity (Wildman–Crippen MR) is 83.6 cm³/mol. The molecule has 1 aromatic carbocycles. The van der Waals surface area contributed by atoms with Gasteiger partial charge in [0.1, 0.15) is 0 Å². The standard InChI is InChI=1S/C15H16F2N4OS/c1-3-6-12-19-13(22-20-12)9(2)23-15-18-10-7-4-5-8-11(10)21(15)14(16)17/h4-5,7-9,14H,3,6H2,1-2H3. The Hall–Kier alpha value is -1.96. The molecule has 1 unspecified atom stereocenters. The van der Waals surface area contributed by atoms with Gasteiger partial charge in [-0.25, -0.2) is 4.98 Å². The topological polar surface area (TPSA) is 56.7 Å². The third kappa shape index (κ3) is 3.21. The van der Waals surface area contributed by atoms with Crippen molar-refractivity contribution in [2.45, 2.75) is 43.6 Å². The van der Waals surface area contributed by atoms with Crippen LogP contribution in [-0.4, -0.2) is 19.7 Å². The van der Waals surface area contributed by atoms with Crippen LogP contribution in [0, 0.1) is 0 Å². The monoisotopic (exact) mass is 338 g/mol. The second-order valence-corrected chi connectivity index (χ2v) is 6.40. The number of halogens is 2. The summed E-state index contributed by atoms with van der Waals surface area (Å²) >= 11 is 1.18. The van der Waals surface area contributed by atoms with E-state index in [9.17, 15) is 8.78 Å². The van der Waals surface area contributed by atoms with Crippen LogP contribution in [-0.2, 0) is 6.42 Å². The molecule has 0 aliphatic carbocycles. The van der Waals surface area contributed by atoms with Crippen LogP contribution >= 0.6 is 11.8 Å². The van der Waals surface area contributed by atoms with Gasteiger partial charge in [-0.1, -0.05) is 36.0 Å². The largest absolute Gasteiger partial charge is 0.338 e. The second kappa shape index (κ2) is 6.66. The average molecular weight is 338 g/mol. The maximum atomic E-state index is 13.4. The summed E-state index contributed by atoms with van der Waals surface area (Å²) in [4.78, 5) is 8.60. The van der Waals surface area contributed by atoms with Crippen molar-refractivity contribution < 1.29 is 13.3 Å². The molecule has 2 aromatic heterocycles. The number of benzene rings is 1. The number of alkyl halides is 2. The Morgan fingerprint density at radius 2 is 2.04 bits per heavy atom. The van der Waals surface area contributed by atoms with E-state index in [2.05, 4.69) is 15.1 Å². The van der Waals surface area contributed by atoms with Gasteiger partial charge in [-0.05, 0) is 25.5 Å². The highest BCUT2D eigenvalue weighted by molar-refractivity contribution is 7.99. The van der Waals surface area contributed by atoms with E-state index in [1.165, 1.54) is 11.8 Å². The number of para-hydroxylation sites is 2. The zero-order chi connectivity index (χ0) is 16.4. The molecule has 0 radical (unpaired) electrons. The third-order valence-electron chi connectivity index (χ3n) is 3.35. The van der Waals surface area contributed by atoms with Crippen molar-refractivity contribution in [1.29, 1.82) is 0 Å². The number of aromatic nitrogens is 4. The van der Waals surface area contributed by atoms with E-state index in [1.807, 2.05) is 13.8 Å². The molecule has 0 saturated carbocycles. The SMILES string of the molecule is CCCc1noc(C(C)Sc2nc3ccccc3n2C(F)F)n1. The van der Waals surface area contributed by atoms with Gasteiger partial charge in [0.05, 0.1) is 16.3 Å². The molecular weight excluding hydrogens is 322 g/mol. The molecule has 0 N–H and O–H groups in total. The van der Waals surface area contributed by atoms with Gasteiger partial charge in [0.15, 0.2) is 11.0 Å². The van der Waals surface area contributed by atoms with Gasteiger partial charge in [-0.3, -0.25) is 4.57 Å². The number of fused-ring (bicyclic) bond motifs is 1. The van der Waals surface area contributed by atoms with Gasteiger partial charge < -0.3 is 4.52 Å². The number of thioether (sulfide) groups is 1. The minimum absolute atomic E-state index is 0.240. The van der Waals surface area contributed by atoms with Crippen molar-refractivity contribution in [2.24, 2.45) is 0 Å². The predicted octanol–water partition coefficient (Wildman–Crippen LogP) is 4.62. The Morgan fingerprint density at radius 3 is 2.78 bits per heavy atom. The Morgan fingerprint density at radius 1 is 1.26 bits per heavy atom. The fourth-order valence-corrected chi connectivity index (χ4v) is 3.22. The van der Waals surface area contributed by atoms with Crippen LogP contribution in [0.1, 0.15) is 43.8 Å². The quantitative estimate of drug-likeness (QED) is 0.614. The van der Waals surface area contributed by atoms with Crippen LogP contribution in [0.2, 0.25) is 0 Å². The fourth-order valence-electron chi connectivity index (χ4n) is 2.26. The molecule has 1 atom stereocenters. The highest BCUT2D eigenvalue weighted by Gasteiger charge is 2.23. The first-order chi connectivity index (χ1) is 11.1.